The first kappa shape index (κ1) is 23.8. The maximum atomic E-state index is 12.8. The lowest BCUT2D eigenvalue weighted by molar-refractivity contribution is 0.102. The number of anilines is 2. The Morgan fingerprint density at radius 1 is 0.771 bits per heavy atom. The number of rotatable bonds is 9. The molecule has 0 spiro atoms. The van der Waals surface area contributed by atoms with Crippen molar-refractivity contribution in [2.75, 3.05) is 17.1 Å². The zero-order valence-electron chi connectivity index (χ0n) is 19.0. The van der Waals surface area contributed by atoms with Gasteiger partial charge in [0.25, 0.3) is 15.9 Å². The zero-order chi connectivity index (χ0) is 24.7. The maximum Gasteiger partial charge on any atom is 0.261 e. The minimum absolute atomic E-state index is 0.149. The Balaban J connectivity index is 1.45. The van der Waals surface area contributed by atoms with Crippen LogP contribution in [0.15, 0.2) is 108 Å². The van der Waals surface area contributed by atoms with Crippen molar-refractivity contribution < 1.29 is 22.7 Å². The summed E-state index contributed by atoms with van der Waals surface area (Å²) in [5, 5.41) is 2.78. The number of amides is 1. The lowest BCUT2D eigenvalue weighted by Gasteiger charge is -2.13. The van der Waals surface area contributed by atoms with Gasteiger partial charge < -0.3 is 14.8 Å². The van der Waals surface area contributed by atoms with Crippen LogP contribution in [0, 0.1) is 0 Å². The Morgan fingerprint density at radius 2 is 1.46 bits per heavy atom. The number of nitrogens with one attached hydrogen (secondary N) is 2. The fourth-order valence-corrected chi connectivity index (χ4v) is 4.41. The van der Waals surface area contributed by atoms with Crippen LogP contribution in [-0.4, -0.2) is 21.4 Å². The molecule has 0 aliphatic heterocycles. The number of benzene rings is 4. The first-order chi connectivity index (χ1) is 16.9. The van der Waals surface area contributed by atoms with Crippen LogP contribution in [0.2, 0.25) is 0 Å². The second-order valence-corrected chi connectivity index (χ2v) is 9.28. The first-order valence-electron chi connectivity index (χ1n) is 10.8. The van der Waals surface area contributed by atoms with Crippen molar-refractivity contribution in [3.05, 3.63) is 114 Å². The Kier molecular flexibility index (Phi) is 7.32. The van der Waals surface area contributed by atoms with Crippen LogP contribution in [0.5, 0.6) is 11.5 Å². The van der Waals surface area contributed by atoms with Crippen LogP contribution < -0.4 is 19.5 Å². The molecule has 8 heteroatoms. The molecular weight excluding hydrogens is 464 g/mol. The largest absolute Gasteiger partial charge is 0.493 e. The number of methoxy groups -OCH3 is 1. The fraction of sp³-hybridized carbons (Fsp3) is 0.0741. The molecule has 0 atom stereocenters. The third-order valence-corrected chi connectivity index (χ3v) is 6.49. The second-order valence-electron chi connectivity index (χ2n) is 7.59. The number of ether oxygens (including phenoxy) is 2. The van der Waals surface area contributed by atoms with Crippen LogP contribution in [-0.2, 0) is 16.6 Å². The summed E-state index contributed by atoms with van der Waals surface area (Å²) in [5.41, 5.74) is 2.14. The van der Waals surface area contributed by atoms with Crippen molar-refractivity contribution in [3.8, 4) is 11.5 Å². The number of sulfonamides is 1. The van der Waals surface area contributed by atoms with Gasteiger partial charge in [0, 0.05) is 11.3 Å². The Bertz CT molecular complexity index is 1410. The van der Waals surface area contributed by atoms with E-state index < -0.39 is 10.0 Å². The molecule has 0 heterocycles. The van der Waals surface area contributed by atoms with E-state index in [2.05, 4.69) is 10.0 Å². The van der Waals surface area contributed by atoms with E-state index in [1.807, 2.05) is 30.3 Å². The topological polar surface area (TPSA) is 93.7 Å². The molecule has 0 aromatic heterocycles. The molecule has 0 bridgehead atoms. The molecule has 0 unspecified atom stereocenters. The van der Waals surface area contributed by atoms with Crippen LogP contribution in [0.1, 0.15) is 15.9 Å². The van der Waals surface area contributed by atoms with E-state index in [-0.39, 0.29) is 10.8 Å². The number of carbonyl (C=O) groups is 1. The smallest absolute Gasteiger partial charge is 0.261 e. The molecular formula is C27H24N2O5S. The third-order valence-electron chi connectivity index (χ3n) is 5.09. The molecule has 35 heavy (non-hydrogen) atoms. The summed E-state index contributed by atoms with van der Waals surface area (Å²) >= 11 is 0. The molecule has 0 aliphatic carbocycles. The SMILES string of the molecule is COc1cc(C(=O)Nc2cccc(NS(=O)(=O)c3ccccc3)c2)ccc1OCc1ccccc1. The maximum absolute atomic E-state index is 12.8. The first-order valence-corrected chi connectivity index (χ1v) is 12.3. The predicted octanol–water partition coefficient (Wildman–Crippen LogP) is 5.33. The number of hydrogen-bond donors (Lipinski definition) is 2. The molecule has 0 aliphatic rings. The summed E-state index contributed by atoms with van der Waals surface area (Å²) in [6, 6.07) is 29.2. The minimum Gasteiger partial charge on any atom is -0.493 e. The van der Waals surface area contributed by atoms with Crippen LogP contribution in [0.3, 0.4) is 0 Å². The molecule has 0 radical (unpaired) electrons. The summed E-state index contributed by atoms with van der Waals surface area (Å²) in [7, 11) is -2.23. The van der Waals surface area contributed by atoms with Gasteiger partial charge in [-0.2, -0.15) is 0 Å². The van der Waals surface area contributed by atoms with Gasteiger partial charge in [0.05, 0.1) is 17.7 Å². The molecule has 4 rings (SSSR count). The van der Waals surface area contributed by atoms with E-state index in [4.69, 9.17) is 9.47 Å². The summed E-state index contributed by atoms with van der Waals surface area (Å²) < 4.78 is 38.9. The van der Waals surface area contributed by atoms with Gasteiger partial charge in [-0.25, -0.2) is 8.42 Å². The summed E-state index contributed by atoms with van der Waals surface area (Å²) in [4.78, 5) is 13.0. The van der Waals surface area contributed by atoms with Gasteiger partial charge in [-0.05, 0) is 54.1 Å². The highest BCUT2D eigenvalue weighted by atomic mass is 32.2. The van der Waals surface area contributed by atoms with Gasteiger partial charge in [0.1, 0.15) is 6.61 Å². The molecule has 178 valence electrons. The predicted molar refractivity (Wildman–Crippen MR) is 135 cm³/mol. The summed E-state index contributed by atoms with van der Waals surface area (Å²) in [6.45, 7) is 0.369. The lowest BCUT2D eigenvalue weighted by atomic mass is 10.1. The highest BCUT2D eigenvalue weighted by Crippen LogP contribution is 2.29. The average Bonchev–Trinajstić information content (AvgIpc) is 2.88. The van der Waals surface area contributed by atoms with Crippen LogP contribution in [0.4, 0.5) is 11.4 Å². The van der Waals surface area contributed by atoms with Crippen molar-refractivity contribution in [1.82, 2.24) is 0 Å². The highest BCUT2D eigenvalue weighted by Gasteiger charge is 2.15. The highest BCUT2D eigenvalue weighted by molar-refractivity contribution is 7.92. The Hall–Kier alpha value is -4.30. The molecule has 0 fully saturated rings. The molecule has 4 aromatic rings. The molecule has 7 nitrogen and oxygen atoms in total. The normalized spacial score (nSPS) is 10.9. The van der Waals surface area contributed by atoms with Gasteiger partial charge in [-0.15, -0.1) is 0 Å². The van der Waals surface area contributed by atoms with Crippen molar-refractivity contribution in [2.24, 2.45) is 0 Å². The van der Waals surface area contributed by atoms with Crippen molar-refractivity contribution in [3.63, 3.8) is 0 Å². The van der Waals surface area contributed by atoms with Gasteiger partial charge >= 0.3 is 0 Å². The average molecular weight is 489 g/mol. The van der Waals surface area contributed by atoms with Crippen LogP contribution in [0.25, 0.3) is 0 Å². The van der Waals surface area contributed by atoms with Crippen molar-refractivity contribution >= 4 is 27.3 Å². The van der Waals surface area contributed by atoms with Gasteiger partial charge in [0.15, 0.2) is 11.5 Å². The van der Waals surface area contributed by atoms with Crippen molar-refractivity contribution in [2.45, 2.75) is 11.5 Å². The van der Waals surface area contributed by atoms with Gasteiger partial charge in [0.2, 0.25) is 0 Å². The Labute approximate surface area is 204 Å². The van der Waals surface area contributed by atoms with E-state index in [0.29, 0.717) is 35.0 Å². The molecule has 0 saturated carbocycles. The molecule has 1 amide bonds. The third kappa shape index (κ3) is 6.18. The number of hydrogen-bond acceptors (Lipinski definition) is 5. The molecule has 0 saturated heterocycles. The Morgan fingerprint density at radius 3 is 2.17 bits per heavy atom. The van der Waals surface area contributed by atoms with Gasteiger partial charge in [-0.1, -0.05) is 54.6 Å². The van der Waals surface area contributed by atoms with Gasteiger partial charge in [-0.3, -0.25) is 9.52 Å². The lowest BCUT2D eigenvalue weighted by Crippen LogP contribution is -2.14. The standard InChI is InChI=1S/C27H24N2O5S/c1-33-26-17-21(15-16-25(26)34-19-20-9-4-2-5-10-20)27(30)28-22-11-8-12-23(18-22)29-35(31,32)24-13-6-3-7-14-24/h2-18,29H,19H2,1H3,(H,28,30). The minimum atomic E-state index is -3.74. The summed E-state index contributed by atoms with van der Waals surface area (Å²) in [6.07, 6.45) is 0. The van der Waals surface area contributed by atoms with E-state index in [9.17, 15) is 13.2 Å². The van der Waals surface area contributed by atoms with E-state index >= 15 is 0 Å². The van der Waals surface area contributed by atoms with E-state index in [1.165, 1.54) is 19.2 Å². The van der Waals surface area contributed by atoms with E-state index in [0.717, 1.165) is 5.56 Å². The number of carbonyl (C=O) groups excluding carboxylic acids is 1. The quantitative estimate of drug-likeness (QED) is 0.332. The fourth-order valence-electron chi connectivity index (χ4n) is 3.34. The van der Waals surface area contributed by atoms with E-state index in [1.54, 1.807) is 60.7 Å². The monoisotopic (exact) mass is 488 g/mol. The zero-order valence-corrected chi connectivity index (χ0v) is 19.8. The van der Waals surface area contributed by atoms with Crippen molar-refractivity contribution in [1.29, 1.82) is 0 Å². The molecule has 4 aromatic carbocycles. The second kappa shape index (κ2) is 10.8. The molecule has 2 N–H and O–H groups in total. The summed E-state index contributed by atoms with van der Waals surface area (Å²) in [5.74, 6) is 0.573. The van der Waals surface area contributed by atoms with Crippen LogP contribution >= 0.6 is 0 Å².